The molecule has 0 bridgehead atoms. The molecule has 0 saturated carbocycles. The van der Waals surface area contributed by atoms with Crippen LogP contribution in [0.3, 0.4) is 0 Å². The number of pyridine rings is 1. The summed E-state index contributed by atoms with van der Waals surface area (Å²) in [6.07, 6.45) is 6.70. The van der Waals surface area contributed by atoms with Gasteiger partial charge in [0.05, 0.1) is 16.9 Å². The third-order valence-electron chi connectivity index (χ3n) is 7.55. The molecule has 1 fully saturated rings. The van der Waals surface area contributed by atoms with Crippen LogP contribution in [0.2, 0.25) is 0 Å². The molecule has 2 aromatic carbocycles. The van der Waals surface area contributed by atoms with E-state index in [1.165, 1.54) is 0 Å². The lowest BCUT2D eigenvalue weighted by Gasteiger charge is -2.34. The molecule has 6 rings (SSSR count). The first-order chi connectivity index (χ1) is 21.2. The number of nitrogens with zero attached hydrogens (tertiary/aromatic N) is 6. The Balaban J connectivity index is 1.27. The minimum Gasteiger partial charge on any atom is -0.444 e. The number of aromatic nitrogens is 5. The Kier molecular flexibility index (Phi) is 7.90. The molecule has 5 aromatic rings. The number of likely N-dealkylation sites (tertiary alicyclic amines) is 1. The van der Waals surface area contributed by atoms with Gasteiger partial charge in [0.2, 0.25) is 11.8 Å². The average Bonchev–Trinajstić information content (AvgIpc) is 3.43. The number of fused-ring (bicyclic) bond motifs is 1. The van der Waals surface area contributed by atoms with Gasteiger partial charge in [-0.1, -0.05) is 24.3 Å². The van der Waals surface area contributed by atoms with Crippen molar-refractivity contribution < 1.29 is 14.3 Å². The number of benzene rings is 2. The second kappa shape index (κ2) is 11.9. The van der Waals surface area contributed by atoms with E-state index in [1.54, 1.807) is 23.5 Å². The maximum Gasteiger partial charge on any atom is 0.410 e. The van der Waals surface area contributed by atoms with Crippen LogP contribution < -0.4 is 10.1 Å². The average molecular weight is 592 g/mol. The standard InChI is InChI=1S/C34H37N7O3/c1-22-13-14-25-26(10-6-12-29(25)41-23(2)15-19-37-41)30(22)43-31-27(11-7-17-35-31)28-16-18-36-32(39-28)38-24-9-8-20-40(21-24)33(42)44-34(3,4)5/h6-7,10-19,24H,8-9,20-21H2,1-5H3,(H,36,38,39). The first-order valence-corrected chi connectivity index (χ1v) is 14.9. The number of anilines is 1. The molecular weight excluding hydrogens is 554 g/mol. The van der Waals surface area contributed by atoms with Crippen molar-refractivity contribution in [2.45, 2.75) is 59.1 Å². The highest BCUT2D eigenvalue weighted by molar-refractivity contribution is 5.96. The smallest absolute Gasteiger partial charge is 0.410 e. The molecule has 10 heteroatoms. The van der Waals surface area contributed by atoms with Gasteiger partial charge in [-0.15, -0.1) is 0 Å². The van der Waals surface area contributed by atoms with Gasteiger partial charge in [0.1, 0.15) is 11.4 Å². The lowest BCUT2D eigenvalue weighted by atomic mass is 10.0. The van der Waals surface area contributed by atoms with Crippen LogP contribution >= 0.6 is 0 Å². The number of carbonyl (C=O) groups excluding carboxylic acids is 1. The van der Waals surface area contributed by atoms with Gasteiger partial charge >= 0.3 is 6.09 Å². The van der Waals surface area contributed by atoms with Crippen molar-refractivity contribution in [3.05, 3.63) is 84.4 Å². The van der Waals surface area contributed by atoms with Crippen molar-refractivity contribution in [1.82, 2.24) is 29.6 Å². The molecule has 0 spiro atoms. The molecule has 1 aliphatic heterocycles. The number of ether oxygens (including phenoxy) is 2. The third-order valence-corrected chi connectivity index (χ3v) is 7.55. The van der Waals surface area contributed by atoms with E-state index in [9.17, 15) is 4.79 Å². The van der Waals surface area contributed by atoms with E-state index < -0.39 is 5.60 Å². The molecule has 0 radical (unpaired) electrons. The van der Waals surface area contributed by atoms with Crippen molar-refractivity contribution in [2.75, 3.05) is 18.4 Å². The van der Waals surface area contributed by atoms with E-state index in [1.807, 2.05) is 69.6 Å². The molecule has 226 valence electrons. The monoisotopic (exact) mass is 591 g/mol. The van der Waals surface area contributed by atoms with Crippen LogP contribution in [0, 0.1) is 13.8 Å². The number of nitrogens with one attached hydrogen (secondary N) is 1. The van der Waals surface area contributed by atoms with Crippen LogP contribution in [0.25, 0.3) is 27.7 Å². The number of piperidine rings is 1. The van der Waals surface area contributed by atoms with E-state index >= 15 is 0 Å². The summed E-state index contributed by atoms with van der Waals surface area (Å²) in [5.41, 5.74) is 3.90. The number of amides is 1. The first-order valence-electron chi connectivity index (χ1n) is 14.9. The van der Waals surface area contributed by atoms with Gasteiger partial charge in [-0.3, -0.25) is 0 Å². The number of carbonyl (C=O) groups is 1. The minimum atomic E-state index is -0.538. The predicted octanol–water partition coefficient (Wildman–Crippen LogP) is 7.10. The normalized spacial score (nSPS) is 15.3. The number of hydrogen-bond donors (Lipinski definition) is 1. The molecule has 1 unspecified atom stereocenters. The van der Waals surface area contributed by atoms with Crippen LogP contribution in [0.1, 0.15) is 44.9 Å². The third kappa shape index (κ3) is 6.20. The van der Waals surface area contributed by atoms with Gasteiger partial charge in [-0.05, 0) is 83.4 Å². The first kappa shape index (κ1) is 29.1. The van der Waals surface area contributed by atoms with Gasteiger partial charge in [-0.25, -0.2) is 24.4 Å². The molecule has 1 saturated heterocycles. The maximum absolute atomic E-state index is 12.7. The highest BCUT2D eigenvalue weighted by Crippen LogP contribution is 2.38. The zero-order chi connectivity index (χ0) is 30.8. The Morgan fingerprint density at radius 2 is 1.82 bits per heavy atom. The Bertz CT molecular complexity index is 1810. The SMILES string of the molecule is Cc1ccc2c(-n3nccc3C)cccc2c1Oc1ncccc1-c1ccnc(NC2CCCN(C(=O)OC(C)(C)C)C2)n1. The van der Waals surface area contributed by atoms with Crippen LogP contribution in [-0.4, -0.2) is 60.5 Å². The Labute approximate surface area is 257 Å². The van der Waals surface area contributed by atoms with Crippen LogP contribution in [0.4, 0.5) is 10.7 Å². The van der Waals surface area contributed by atoms with Gasteiger partial charge in [-0.2, -0.15) is 5.10 Å². The summed E-state index contributed by atoms with van der Waals surface area (Å²) < 4.78 is 14.1. The van der Waals surface area contributed by atoms with Crippen LogP contribution in [-0.2, 0) is 4.74 Å². The fourth-order valence-corrected chi connectivity index (χ4v) is 5.48. The van der Waals surface area contributed by atoms with E-state index in [-0.39, 0.29) is 12.1 Å². The maximum atomic E-state index is 12.7. The summed E-state index contributed by atoms with van der Waals surface area (Å²) >= 11 is 0. The van der Waals surface area contributed by atoms with Gasteiger partial charge < -0.3 is 19.7 Å². The molecule has 4 heterocycles. The van der Waals surface area contributed by atoms with E-state index in [0.717, 1.165) is 51.9 Å². The zero-order valence-electron chi connectivity index (χ0n) is 25.7. The van der Waals surface area contributed by atoms with Crippen molar-refractivity contribution in [3.8, 4) is 28.6 Å². The van der Waals surface area contributed by atoms with E-state index in [2.05, 4.69) is 44.6 Å². The highest BCUT2D eigenvalue weighted by atomic mass is 16.6. The van der Waals surface area contributed by atoms with Crippen molar-refractivity contribution in [2.24, 2.45) is 0 Å². The number of rotatable bonds is 6. The molecule has 10 nitrogen and oxygen atoms in total. The lowest BCUT2D eigenvalue weighted by Crippen LogP contribution is -2.47. The van der Waals surface area contributed by atoms with Crippen molar-refractivity contribution in [1.29, 1.82) is 0 Å². The zero-order valence-corrected chi connectivity index (χ0v) is 25.7. The summed E-state index contributed by atoms with van der Waals surface area (Å²) in [5, 5.41) is 9.94. The Hall–Kier alpha value is -4.99. The lowest BCUT2D eigenvalue weighted by molar-refractivity contribution is 0.0206. The van der Waals surface area contributed by atoms with E-state index in [4.69, 9.17) is 14.5 Å². The van der Waals surface area contributed by atoms with Crippen molar-refractivity contribution in [3.63, 3.8) is 0 Å². The fraction of sp³-hybridized carbons (Fsp3) is 0.324. The number of aryl methyl sites for hydroxylation is 2. The molecule has 1 N–H and O–H groups in total. The molecular formula is C34H37N7O3. The minimum absolute atomic E-state index is 0.00193. The summed E-state index contributed by atoms with van der Waals surface area (Å²) in [4.78, 5) is 28.3. The molecule has 44 heavy (non-hydrogen) atoms. The topological polar surface area (TPSA) is 107 Å². The molecule has 1 aliphatic rings. The van der Waals surface area contributed by atoms with Crippen LogP contribution in [0.15, 0.2) is 73.2 Å². The van der Waals surface area contributed by atoms with Crippen molar-refractivity contribution >= 4 is 22.8 Å². The van der Waals surface area contributed by atoms with E-state index in [0.29, 0.717) is 30.6 Å². The second-order valence-corrected chi connectivity index (χ2v) is 12.1. The van der Waals surface area contributed by atoms with Gasteiger partial charge in [0.25, 0.3) is 0 Å². The predicted molar refractivity (Wildman–Crippen MR) is 170 cm³/mol. The highest BCUT2D eigenvalue weighted by Gasteiger charge is 2.28. The summed E-state index contributed by atoms with van der Waals surface area (Å²) in [6, 6.07) is 17.9. The largest absolute Gasteiger partial charge is 0.444 e. The fourth-order valence-electron chi connectivity index (χ4n) is 5.48. The van der Waals surface area contributed by atoms with Gasteiger partial charge in [0, 0.05) is 54.2 Å². The van der Waals surface area contributed by atoms with Crippen LogP contribution in [0.5, 0.6) is 11.6 Å². The molecule has 0 aliphatic carbocycles. The molecule has 1 amide bonds. The Morgan fingerprint density at radius 1 is 0.955 bits per heavy atom. The molecule has 1 atom stereocenters. The summed E-state index contributed by atoms with van der Waals surface area (Å²) in [6.45, 7) is 10.9. The second-order valence-electron chi connectivity index (χ2n) is 12.1. The molecule has 3 aromatic heterocycles. The number of hydrogen-bond acceptors (Lipinski definition) is 8. The Morgan fingerprint density at radius 3 is 2.61 bits per heavy atom. The summed E-state index contributed by atoms with van der Waals surface area (Å²) in [7, 11) is 0. The summed E-state index contributed by atoms with van der Waals surface area (Å²) in [5.74, 6) is 1.65. The van der Waals surface area contributed by atoms with Gasteiger partial charge in [0.15, 0.2) is 0 Å². The quantitative estimate of drug-likeness (QED) is 0.223.